The van der Waals surface area contributed by atoms with Crippen molar-refractivity contribution in [3.05, 3.63) is 35.9 Å². The number of carbonyl (C=O) groups excluding carboxylic acids is 1. The summed E-state index contributed by atoms with van der Waals surface area (Å²) < 4.78 is 55.7. The van der Waals surface area contributed by atoms with Crippen LogP contribution >= 0.6 is 0 Å². The van der Waals surface area contributed by atoms with Gasteiger partial charge in [0.05, 0.1) is 11.7 Å². The Morgan fingerprint density at radius 3 is 2.57 bits per heavy atom. The van der Waals surface area contributed by atoms with Gasteiger partial charge in [0.1, 0.15) is 11.2 Å². The molecule has 190 valence electrons. The molecule has 0 amide bonds. The lowest BCUT2D eigenvalue weighted by Crippen LogP contribution is -2.45. The molecule has 3 aromatic heterocycles. The molecule has 12 heteroatoms. The second-order valence-electron chi connectivity index (χ2n) is 8.37. The van der Waals surface area contributed by atoms with Gasteiger partial charge in [-0.1, -0.05) is 6.92 Å². The van der Waals surface area contributed by atoms with Crippen LogP contribution < -0.4 is 10.1 Å². The van der Waals surface area contributed by atoms with Crippen molar-refractivity contribution in [1.29, 1.82) is 0 Å². The van der Waals surface area contributed by atoms with Crippen molar-refractivity contribution >= 4 is 28.1 Å². The number of hydrogen-bond acceptors (Lipinski definition) is 7. The predicted molar refractivity (Wildman–Crippen MR) is 128 cm³/mol. The third kappa shape index (κ3) is 6.63. The average molecular weight is 512 g/mol. The highest BCUT2D eigenvalue weighted by Crippen LogP contribution is 2.31. The average Bonchev–Trinajstić information content (AvgIpc) is 3.20. The van der Waals surface area contributed by atoms with Crippen LogP contribution in [-0.2, 0) is 17.3 Å². The van der Waals surface area contributed by atoms with Crippen molar-refractivity contribution in [2.45, 2.75) is 51.8 Å². The van der Waals surface area contributed by atoms with Crippen LogP contribution in [0, 0.1) is 5.82 Å². The van der Waals surface area contributed by atoms with Crippen LogP contribution in [0.25, 0.3) is 22.3 Å². The Morgan fingerprint density at radius 1 is 1.26 bits per heavy atom. The van der Waals surface area contributed by atoms with Crippen LogP contribution in [0.2, 0.25) is 0 Å². The summed E-state index contributed by atoms with van der Waals surface area (Å²) in [6.07, 6.45) is 5.63. The van der Waals surface area contributed by atoms with Crippen molar-refractivity contribution < 1.29 is 26.9 Å². The highest BCUT2D eigenvalue weighted by Gasteiger charge is 2.27. The molecule has 1 N–H and O–H groups in total. The Morgan fingerprint density at radius 2 is 1.97 bits per heavy atom. The summed E-state index contributed by atoms with van der Waals surface area (Å²) in [6.45, 7) is 1.58. The third-order valence-corrected chi connectivity index (χ3v) is 7.16. The molecular weight excluding hydrogens is 483 g/mol. The van der Waals surface area contributed by atoms with Gasteiger partial charge in [-0.05, 0) is 39.3 Å². The van der Waals surface area contributed by atoms with Gasteiger partial charge in [-0.15, -0.1) is 0 Å². The van der Waals surface area contributed by atoms with E-state index < -0.39 is 29.1 Å². The van der Waals surface area contributed by atoms with Gasteiger partial charge in [0, 0.05) is 57.8 Å². The van der Waals surface area contributed by atoms with Gasteiger partial charge < -0.3 is 10.1 Å². The van der Waals surface area contributed by atoms with E-state index in [2.05, 4.69) is 32.0 Å². The lowest BCUT2D eigenvalue weighted by molar-refractivity contribution is -0.0528. The van der Waals surface area contributed by atoms with Crippen LogP contribution in [0.5, 0.6) is 5.88 Å². The van der Waals surface area contributed by atoms with E-state index >= 15 is 0 Å². The van der Waals surface area contributed by atoms with Crippen LogP contribution in [0.4, 0.5) is 13.2 Å². The van der Waals surface area contributed by atoms with Crippen LogP contribution in [0.3, 0.4) is 0 Å². The summed E-state index contributed by atoms with van der Waals surface area (Å²) in [6, 6.07) is 2.64. The molecule has 0 aromatic carbocycles. The third-order valence-electron chi connectivity index (χ3n) is 5.85. The Kier molecular flexibility index (Phi) is 8.95. The van der Waals surface area contributed by atoms with Crippen molar-refractivity contribution in [3.63, 3.8) is 0 Å². The molecule has 0 atom stereocenters. The van der Waals surface area contributed by atoms with E-state index in [-0.39, 0.29) is 16.8 Å². The molecule has 8 nitrogen and oxygen atoms in total. The number of halogens is 3. The number of hydrogen-bond donors (Lipinski definition) is 1. The molecule has 0 aliphatic carbocycles. The first-order chi connectivity index (χ1) is 16.7. The minimum Gasteiger partial charge on any atom is -0.417 e. The normalized spacial score (nSPS) is 19.9. The van der Waals surface area contributed by atoms with Gasteiger partial charge in [-0.25, -0.2) is 9.37 Å². The fourth-order valence-corrected chi connectivity index (χ4v) is 5.17. The van der Waals surface area contributed by atoms with E-state index in [1.807, 2.05) is 14.0 Å². The fraction of sp³-hybridized carbons (Fsp3) is 0.478. The highest BCUT2D eigenvalue weighted by atomic mass is 32.2. The van der Waals surface area contributed by atoms with E-state index in [0.29, 0.717) is 29.4 Å². The summed E-state index contributed by atoms with van der Waals surface area (Å²) in [4.78, 5) is 18.6. The molecule has 4 rings (SSSR count). The van der Waals surface area contributed by atoms with Crippen molar-refractivity contribution in [1.82, 2.24) is 25.1 Å². The number of pyridine rings is 2. The van der Waals surface area contributed by atoms with Crippen molar-refractivity contribution in [3.8, 4) is 17.1 Å². The Balaban J connectivity index is 0.000000287. The van der Waals surface area contributed by atoms with Gasteiger partial charge in [-0.3, -0.25) is 18.7 Å². The number of aldehydes is 1. The second-order valence-corrected chi connectivity index (χ2v) is 10.1. The molecule has 0 unspecified atom stereocenters. The minimum atomic E-state index is -3.08. The summed E-state index contributed by atoms with van der Waals surface area (Å²) >= 11 is 0. The molecule has 35 heavy (non-hydrogen) atoms. The Bertz CT molecular complexity index is 1190. The summed E-state index contributed by atoms with van der Waals surface area (Å²) in [5, 5.41) is 7.60. The van der Waals surface area contributed by atoms with Gasteiger partial charge in [0.2, 0.25) is 5.88 Å². The Hall–Kier alpha value is -2.86. The smallest absolute Gasteiger partial charge is 0.388 e. The number of alkyl halides is 2. The monoisotopic (exact) mass is 511 g/mol. The number of aryl methyl sites for hydroxylation is 1. The van der Waals surface area contributed by atoms with Gasteiger partial charge in [0.15, 0.2) is 12.1 Å². The summed E-state index contributed by atoms with van der Waals surface area (Å²) in [5.41, 5.74) is 1.62. The molecule has 1 aliphatic rings. The maximum atomic E-state index is 14.2. The highest BCUT2D eigenvalue weighted by molar-refractivity contribution is 7.85. The summed E-state index contributed by atoms with van der Waals surface area (Å²) in [7, 11) is 1.45. The SMILES string of the molecule is CCCn1nc(-c2cc(OC(F)F)ncc2F)c2ncc(C=O)cc21.CNC1(C)CCS(=O)CC1. The van der Waals surface area contributed by atoms with E-state index in [1.165, 1.54) is 6.20 Å². The number of ether oxygens (including phenoxy) is 1. The standard InChI is InChI=1S/C16H13F3N4O2.C7H15NOS/c1-2-3-23-12-4-9(8-24)6-21-15(12)14(22-23)10-5-13(25-16(18)19)20-7-11(10)17;1-7(8-2)3-5-10(9)6-4-7/h4-8,16H,2-3H2,1H3;8H,3-6H2,1-2H3. The number of fused-ring (bicyclic) bond motifs is 1. The number of rotatable bonds is 7. The molecule has 1 fully saturated rings. The lowest BCUT2D eigenvalue weighted by Gasteiger charge is -2.32. The fourth-order valence-electron chi connectivity index (χ4n) is 3.61. The maximum absolute atomic E-state index is 14.2. The van der Waals surface area contributed by atoms with Gasteiger partial charge in [0.25, 0.3) is 0 Å². The zero-order chi connectivity index (χ0) is 25.6. The van der Waals surface area contributed by atoms with E-state index in [1.54, 1.807) is 10.7 Å². The number of nitrogens with one attached hydrogen (secondary N) is 1. The lowest BCUT2D eigenvalue weighted by atomic mass is 9.95. The number of aromatic nitrogens is 4. The first-order valence-corrected chi connectivity index (χ1v) is 12.6. The molecule has 3 aromatic rings. The predicted octanol–water partition coefficient (Wildman–Crippen LogP) is 3.96. The van der Waals surface area contributed by atoms with Crippen LogP contribution in [0.1, 0.15) is 43.5 Å². The number of carbonyl (C=O) groups is 1. The van der Waals surface area contributed by atoms with E-state index in [9.17, 15) is 22.2 Å². The first-order valence-electron chi connectivity index (χ1n) is 11.2. The van der Waals surface area contributed by atoms with Crippen molar-refractivity contribution in [2.75, 3.05) is 18.6 Å². The maximum Gasteiger partial charge on any atom is 0.388 e. The molecular formula is C23H28F3N5O3S. The molecule has 1 aliphatic heterocycles. The quantitative estimate of drug-likeness (QED) is 0.480. The molecule has 0 saturated carbocycles. The van der Waals surface area contributed by atoms with Gasteiger partial charge in [-0.2, -0.15) is 13.9 Å². The summed E-state index contributed by atoms with van der Waals surface area (Å²) in [5.74, 6) is 0.578. The van der Waals surface area contributed by atoms with Crippen LogP contribution in [0.15, 0.2) is 24.5 Å². The Labute approximate surface area is 203 Å². The minimum absolute atomic E-state index is 0.0585. The van der Waals surface area contributed by atoms with Crippen molar-refractivity contribution in [2.24, 2.45) is 0 Å². The number of nitrogens with zero attached hydrogens (tertiary/aromatic N) is 4. The zero-order valence-electron chi connectivity index (χ0n) is 19.8. The topological polar surface area (TPSA) is 99.0 Å². The van der Waals surface area contributed by atoms with E-state index in [0.717, 1.165) is 43.0 Å². The van der Waals surface area contributed by atoms with E-state index in [4.69, 9.17) is 0 Å². The zero-order valence-corrected chi connectivity index (χ0v) is 20.6. The first kappa shape index (κ1) is 26.7. The van der Waals surface area contributed by atoms with Gasteiger partial charge >= 0.3 is 6.61 Å². The molecule has 0 radical (unpaired) electrons. The molecule has 0 bridgehead atoms. The second kappa shape index (κ2) is 11.7. The molecule has 4 heterocycles. The molecule has 1 saturated heterocycles. The molecule has 0 spiro atoms. The van der Waals surface area contributed by atoms with Crippen LogP contribution in [-0.4, -0.2) is 60.9 Å². The largest absolute Gasteiger partial charge is 0.417 e.